The van der Waals surface area contributed by atoms with Crippen LogP contribution in [0, 0.1) is 0 Å². The van der Waals surface area contributed by atoms with Crippen LogP contribution in [0.1, 0.15) is 34.5 Å². The minimum atomic E-state index is -0.615. The molecule has 3 aliphatic rings. The lowest BCUT2D eigenvalue weighted by atomic mass is 10.1. The van der Waals surface area contributed by atoms with Gasteiger partial charge in [-0.1, -0.05) is 60.7 Å². The van der Waals surface area contributed by atoms with Crippen LogP contribution < -0.4 is 4.90 Å². The first-order chi connectivity index (χ1) is 21.6. The highest BCUT2D eigenvalue weighted by atomic mass is 16.5. The van der Waals surface area contributed by atoms with Crippen molar-refractivity contribution in [1.29, 1.82) is 0 Å². The van der Waals surface area contributed by atoms with Crippen molar-refractivity contribution in [3.8, 4) is 22.6 Å². The Morgan fingerprint density at radius 3 is 2.36 bits per heavy atom. The Kier molecular flexibility index (Phi) is 7.51. The van der Waals surface area contributed by atoms with Gasteiger partial charge in [-0.05, 0) is 30.2 Å². The molecule has 1 saturated heterocycles. The fourth-order valence-electron chi connectivity index (χ4n) is 5.82. The summed E-state index contributed by atoms with van der Waals surface area (Å²) in [7, 11) is 0. The van der Waals surface area contributed by atoms with Crippen LogP contribution >= 0.6 is 0 Å². The summed E-state index contributed by atoms with van der Waals surface area (Å²) in [6.45, 7) is 3.92. The van der Waals surface area contributed by atoms with Gasteiger partial charge >= 0.3 is 5.97 Å². The number of esters is 1. The highest BCUT2D eigenvalue weighted by Crippen LogP contribution is 2.37. The van der Waals surface area contributed by atoms with E-state index in [1.54, 1.807) is 17.6 Å². The molecule has 1 N–H and O–H groups in total. The number of benzene rings is 2. The van der Waals surface area contributed by atoms with Crippen molar-refractivity contribution in [2.45, 2.75) is 32.2 Å². The minimum Gasteiger partial charge on any atom is -0.462 e. The molecule has 2 atom stereocenters. The average molecular weight is 589 g/mol. The van der Waals surface area contributed by atoms with E-state index in [0.29, 0.717) is 43.2 Å². The standard InChI is InChI=1S/C34H32N6O4/c1-2-44-34(42)27-18-36-40-31(38(19-23-10-5-3-6-11-23)20-24-12-7-4-8-13-24)16-28(37-33(27)40)26-17-35-32-25(26)14-9-15-39(32)29-21-43-22-30(29)41/h3-18,29-30,41H,2,19-22H2,1H3/t29?,30-/m0/s1. The van der Waals surface area contributed by atoms with Gasteiger partial charge in [0, 0.05) is 42.7 Å². The monoisotopic (exact) mass is 588 g/mol. The Morgan fingerprint density at radius 2 is 1.70 bits per heavy atom. The molecule has 0 saturated carbocycles. The maximum Gasteiger partial charge on any atom is 0.343 e. The second kappa shape index (κ2) is 11.9. The zero-order chi connectivity index (χ0) is 30.0. The highest BCUT2D eigenvalue weighted by molar-refractivity contribution is 5.96. The summed E-state index contributed by atoms with van der Waals surface area (Å²) >= 11 is 0. The van der Waals surface area contributed by atoms with E-state index < -0.39 is 12.1 Å². The molecule has 2 aromatic heterocycles. The zero-order valence-corrected chi connectivity index (χ0v) is 24.3. The SMILES string of the molecule is CCOC(=O)c1cnn2c(N(Cc3ccccc3)Cc3ccccc3)cc(-c3cnc4n(C5COC[C@@H]5O)cccc3-4)nc12. The van der Waals surface area contributed by atoms with E-state index in [1.807, 2.05) is 65.4 Å². The Morgan fingerprint density at radius 1 is 0.977 bits per heavy atom. The molecule has 3 aliphatic heterocycles. The van der Waals surface area contributed by atoms with E-state index in [2.05, 4.69) is 34.3 Å². The average Bonchev–Trinajstić information content (AvgIpc) is 3.79. The Balaban J connectivity index is 1.39. The van der Waals surface area contributed by atoms with E-state index in [4.69, 9.17) is 19.4 Å². The highest BCUT2D eigenvalue weighted by Gasteiger charge is 2.31. The van der Waals surface area contributed by atoms with Gasteiger partial charge in [-0.3, -0.25) is 0 Å². The van der Waals surface area contributed by atoms with E-state index in [-0.39, 0.29) is 12.6 Å². The zero-order valence-electron chi connectivity index (χ0n) is 24.3. The second-order valence-corrected chi connectivity index (χ2v) is 10.8. The quantitative estimate of drug-likeness (QED) is 0.235. The molecule has 7 rings (SSSR count). The number of rotatable bonds is 9. The third kappa shape index (κ3) is 5.18. The number of carbonyl (C=O) groups excluding carboxylic acids is 1. The molecule has 10 nitrogen and oxygen atoms in total. The predicted octanol–water partition coefficient (Wildman–Crippen LogP) is 5.01. The third-order valence-electron chi connectivity index (χ3n) is 7.96. The molecule has 1 fully saturated rings. The number of anilines is 1. The minimum absolute atomic E-state index is 0.232. The number of ether oxygens (including phenoxy) is 2. The number of aliphatic hydroxyl groups is 1. The summed E-state index contributed by atoms with van der Waals surface area (Å²) in [4.78, 5) is 25.0. The fraction of sp³-hybridized carbons (Fsp3) is 0.235. The number of pyridine rings is 1. The summed E-state index contributed by atoms with van der Waals surface area (Å²) < 4.78 is 14.6. The molecule has 4 aromatic rings. The summed E-state index contributed by atoms with van der Waals surface area (Å²) in [5, 5.41) is 15.2. The first-order valence-electron chi connectivity index (χ1n) is 14.7. The molecule has 2 aromatic carbocycles. The van der Waals surface area contributed by atoms with Gasteiger partial charge in [-0.15, -0.1) is 0 Å². The van der Waals surface area contributed by atoms with Gasteiger partial charge < -0.3 is 24.0 Å². The van der Waals surface area contributed by atoms with Crippen LogP contribution in [0.5, 0.6) is 0 Å². The molecule has 0 spiro atoms. The van der Waals surface area contributed by atoms with Crippen molar-refractivity contribution in [3.63, 3.8) is 0 Å². The van der Waals surface area contributed by atoms with Crippen molar-refractivity contribution in [2.75, 3.05) is 24.7 Å². The predicted molar refractivity (Wildman–Crippen MR) is 165 cm³/mol. The second-order valence-electron chi connectivity index (χ2n) is 10.8. The van der Waals surface area contributed by atoms with Crippen molar-refractivity contribution >= 4 is 17.4 Å². The molecule has 0 bridgehead atoms. The molecular formula is C34H32N6O4. The van der Waals surface area contributed by atoms with Gasteiger partial charge in [0.1, 0.15) is 23.3 Å². The number of hydrogen-bond donors (Lipinski definition) is 1. The Labute approximate surface area is 254 Å². The summed E-state index contributed by atoms with van der Waals surface area (Å²) in [6.07, 6.45) is 4.62. The van der Waals surface area contributed by atoms with Gasteiger partial charge in [0.2, 0.25) is 0 Å². The van der Waals surface area contributed by atoms with E-state index in [0.717, 1.165) is 33.9 Å². The number of nitrogens with zero attached hydrogens (tertiary/aromatic N) is 6. The first-order valence-corrected chi connectivity index (χ1v) is 14.7. The maximum absolute atomic E-state index is 13.0. The van der Waals surface area contributed by atoms with Crippen LogP contribution in [-0.4, -0.2) is 61.1 Å². The van der Waals surface area contributed by atoms with Gasteiger partial charge in [-0.25, -0.2) is 14.8 Å². The summed E-state index contributed by atoms with van der Waals surface area (Å²) in [5.41, 5.74) is 5.29. The van der Waals surface area contributed by atoms with E-state index in [1.165, 1.54) is 6.20 Å². The van der Waals surface area contributed by atoms with Crippen molar-refractivity contribution in [2.24, 2.45) is 0 Å². The van der Waals surface area contributed by atoms with Crippen LogP contribution in [0.15, 0.2) is 97.5 Å². The molecule has 0 radical (unpaired) electrons. The molecule has 222 valence electrons. The van der Waals surface area contributed by atoms with Crippen molar-refractivity contribution in [3.05, 3.63) is 114 Å². The van der Waals surface area contributed by atoms with Gasteiger partial charge in [0.05, 0.1) is 37.8 Å². The lowest BCUT2D eigenvalue weighted by Gasteiger charge is -2.26. The number of fused-ring (bicyclic) bond motifs is 2. The van der Waals surface area contributed by atoms with Gasteiger partial charge in [0.25, 0.3) is 0 Å². The van der Waals surface area contributed by atoms with Gasteiger partial charge in [-0.2, -0.15) is 9.61 Å². The third-order valence-corrected chi connectivity index (χ3v) is 7.96. The van der Waals surface area contributed by atoms with Crippen molar-refractivity contribution in [1.82, 2.24) is 24.1 Å². The number of aromatic nitrogens is 5. The first kappa shape index (κ1) is 27.8. The van der Waals surface area contributed by atoms with Crippen LogP contribution in [-0.2, 0) is 22.6 Å². The van der Waals surface area contributed by atoms with Crippen LogP contribution in [0.3, 0.4) is 0 Å². The number of carbonyl (C=O) groups is 1. The number of hydrogen-bond acceptors (Lipinski definition) is 8. The lowest BCUT2D eigenvalue weighted by Crippen LogP contribution is -2.25. The molecule has 0 amide bonds. The number of aliphatic hydroxyl groups excluding tert-OH is 1. The molecular weight excluding hydrogens is 556 g/mol. The fourth-order valence-corrected chi connectivity index (χ4v) is 5.82. The molecule has 44 heavy (non-hydrogen) atoms. The van der Waals surface area contributed by atoms with Crippen LogP contribution in [0.4, 0.5) is 5.82 Å². The largest absolute Gasteiger partial charge is 0.462 e. The summed E-state index contributed by atoms with van der Waals surface area (Å²) in [5.74, 6) is 1.02. The summed E-state index contributed by atoms with van der Waals surface area (Å²) in [6, 6.07) is 26.2. The maximum atomic E-state index is 13.0. The molecule has 10 heteroatoms. The smallest absolute Gasteiger partial charge is 0.343 e. The topological polar surface area (TPSA) is 107 Å². The Hall–Kier alpha value is -5.06. The van der Waals surface area contributed by atoms with Crippen LogP contribution in [0.25, 0.3) is 28.3 Å². The van der Waals surface area contributed by atoms with E-state index in [9.17, 15) is 9.90 Å². The van der Waals surface area contributed by atoms with Crippen molar-refractivity contribution < 1.29 is 19.4 Å². The Bertz CT molecular complexity index is 1830. The molecule has 1 unspecified atom stereocenters. The lowest BCUT2D eigenvalue weighted by molar-refractivity contribution is 0.0528. The molecule has 0 aliphatic carbocycles. The van der Waals surface area contributed by atoms with Crippen LogP contribution in [0.2, 0.25) is 0 Å². The molecule has 5 heterocycles. The normalized spacial score (nSPS) is 16.5. The van der Waals surface area contributed by atoms with E-state index >= 15 is 0 Å². The van der Waals surface area contributed by atoms with Gasteiger partial charge in [0.15, 0.2) is 5.65 Å².